The van der Waals surface area contributed by atoms with Gasteiger partial charge in [0.05, 0.1) is 0 Å². The summed E-state index contributed by atoms with van der Waals surface area (Å²) in [6.45, 7) is 4.30. The third-order valence-electron chi connectivity index (χ3n) is 5.67. The standard InChI is InChI=1S/C15H24Cl2N3O2P.C6H13N/c16-6-8-19(9-7-17)23(21,22)20-12-10-18(11-13-20)14-15-4-2-1-3-5-15;7-6-4-2-1-3-5-6/h1-5H,6-14H2,(H,21,22);6H,1-5,7H2. The van der Waals surface area contributed by atoms with Gasteiger partial charge in [-0.15, -0.1) is 23.2 Å². The van der Waals surface area contributed by atoms with Gasteiger partial charge in [-0.3, -0.25) is 9.46 Å². The van der Waals surface area contributed by atoms with Crippen LogP contribution in [0.25, 0.3) is 0 Å². The quantitative estimate of drug-likeness (QED) is 0.435. The molecule has 1 aliphatic heterocycles. The average molecular weight is 479 g/mol. The van der Waals surface area contributed by atoms with E-state index in [1.807, 2.05) is 18.2 Å². The van der Waals surface area contributed by atoms with E-state index >= 15 is 0 Å². The van der Waals surface area contributed by atoms with Crippen molar-refractivity contribution in [2.45, 2.75) is 44.7 Å². The van der Waals surface area contributed by atoms with E-state index in [9.17, 15) is 9.46 Å². The Morgan fingerprint density at radius 3 is 2.03 bits per heavy atom. The molecule has 1 aliphatic carbocycles. The first-order valence-electron chi connectivity index (χ1n) is 10.9. The van der Waals surface area contributed by atoms with Crippen molar-refractivity contribution < 1.29 is 9.46 Å². The molecule has 3 N–H and O–H groups in total. The number of piperazine rings is 1. The van der Waals surface area contributed by atoms with Gasteiger partial charge in [-0.25, -0.2) is 9.34 Å². The fourth-order valence-corrected chi connectivity index (χ4v) is 6.30. The van der Waals surface area contributed by atoms with E-state index < -0.39 is 7.67 Å². The van der Waals surface area contributed by atoms with E-state index in [0.717, 1.165) is 19.6 Å². The van der Waals surface area contributed by atoms with E-state index in [1.54, 1.807) is 4.67 Å². The molecule has 1 aromatic carbocycles. The number of hydrogen-bond donors (Lipinski definition) is 2. The Balaban J connectivity index is 0.000000386. The highest BCUT2D eigenvalue weighted by Gasteiger charge is 2.36. The first-order chi connectivity index (χ1) is 14.5. The lowest BCUT2D eigenvalue weighted by Gasteiger charge is -2.40. The average Bonchev–Trinajstić information content (AvgIpc) is 2.76. The molecule has 0 radical (unpaired) electrons. The molecule has 172 valence electrons. The second-order valence-electron chi connectivity index (χ2n) is 7.96. The summed E-state index contributed by atoms with van der Waals surface area (Å²) in [6.07, 6.45) is 6.66. The van der Waals surface area contributed by atoms with Crippen LogP contribution in [0, 0.1) is 0 Å². The van der Waals surface area contributed by atoms with Gasteiger partial charge in [-0.2, -0.15) is 0 Å². The molecule has 0 bridgehead atoms. The predicted molar refractivity (Wildman–Crippen MR) is 127 cm³/mol. The molecule has 0 amide bonds. The molecule has 2 aliphatic rings. The van der Waals surface area contributed by atoms with Crippen molar-refractivity contribution in [2.24, 2.45) is 5.73 Å². The van der Waals surface area contributed by atoms with Gasteiger partial charge in [0.1, 0.15) is 0 Å². The Morgan fingerprint density at radius 1 is 1.00 bits per heavy atom. The van der Waals surface area contributed by atoms with Gasteiger partial charge in [0.15, 0.2) is 0 Å². The van der Waals surface area contributed by atoms with Crippen molar-refractivity contribution in [3.63, 3.8) is 0 Å². The smallest absolute Gasteiger partial charge is 0.328 e. The summed E-state index contributed by atoms with van der Waals surface area (Å²) in [5.41, 5.74) is 6.90. The number of benzene rings is 1. The minimum Gasteiger partial charge on any atom is -0.328 e. The van der Waals surface area contributed by atoms with E-state index in [1.165, 1.54) is 42.3 Å². The topological polar surface area (TPSA) is 73.0 Å². The highest BCUT2D eigenvalue weighted by molar-refractivity contribution is 7.52. The first kappa shape index (κ1) is 26.1. The summed E-state index contributed by atoms with van der Waals surface area (Å²) in [6, 6.07) is 10.8. The van der Waals surface area contributed by atoms with Crippen molar-refractivity contribution in [3.8, 4) is 0 Å². The molecule has 30 heavy (non-hydrogen) atoms. The van der Waals surface area contributed by atoms with Crippen LogP contribution in [0.2, 0.25) is 0 Å². The zero-order valence-electron chi connectivity index (χ0n) is 17.8. The lowest BCUT2D eigenvalue weighted by molar-refractivity contribution is 0.159. The maximum Gasteiger partial charge on any atom is 0.343 e. The highest BCUT2D eigenvalue weighted by Crippen LogP contribution is 2.49. The molecule has 3 rings (SSSR count). The Kier molecular flexibility index (Phi) is 12.2. The van der Waals surface area contributed by atoms with Gasteiger partial charge in [-0.1, -0.05) is 49.6 Å². The van der Waals surface area contributed by atoms with Gasteiger partial charge >= 0.3 is 7.67 Å². The summed E-state index contributed by atoms with van der Waals surface area (Å²) < 4.78 is 16.0. The summed E-state index contributed by atoms with van der Waals surface area (Å²) >= 11 is 11.5. The number of halogens is 2. The lowest BCUT2D eigenvalue weighted by atomic mass is 9.97. The fraction of sp³-hybridized carbons (Fsp3) is 0.714. The van der Waals surface area contributed by atoms with Crippen LogP contribution in [0.4, 0.5) is 0 Å². The number of nitrogens with two attached hydrogens (primary N) is 1. The van der Waals surface area contributed by atoms with Gasteiger partial charge in [-0.05, 0) is 18.4 Å². The number of nitrogens with zero attached hydrogens (tertiary/aromatic N) is 3. The molecule has 0 spiro atoms. The second kappa shape index (κ2) is 14.1. The zero-order valence-corrected chi connectivity index (χ0v) is 20.2. The molecule has 6 nitrogen and oxygen atoms in total. The number of hydrogen-bond acceptors (Lipinski definition) is 3. The van der Waals surface area contributed by atoms with E-state index in [4.69, 9.17) is 28.9 Å². The third kappa shape index (κ3) is 8.76. The molecule has 1 unspecified atom stereocenters. The van der Waals surface area contributed by atoms with Gasteiger partial charge in [0.25, 0.3) is 0 Å². The van der Waals surface area contributed by atoms with Crippen molar-refractivity contribution in [3.05, 3.63) is 35.9 Å². The summed E-state index contributed by atoms with van der Waals surface area (Å²) in [4.78, 5) is 12.8. The normalized spacial score (nSPS) is 21.1. The molecule has 1 atom stereocenters. The molecule has 1 heterocycles. The van der Waals surface area contributed by atoms with E-state index in [0.29, 0.717) is 44.0 Å². The molecule has 1 saturated carbocycles. The van der Waals surface area contributed by atoms with Crippen LogP contribution in [0.1, 0.15) is 37.7 Å². The summed E-state index contributed by atoms with van der Waals surface area (Å²) in [5.74, 6) is 0.630. The molecule has 1 aromatic rings. The Hall–Kier alpha value is -0.170. The predicted octanol–water partition coefficient (Wildman–Crippen LogP) is 3.96. The van der Waals surface area contributed by atoms with Crippen LogP contribution >= 0.6 is 30.9 Å². The van der Waals surface area contributed by atoms with Crippen LogP contribution in [-0.2, 0) is 11.1 Å². The minimum absolute atomic E-state index is 0.315. The second-order valence-corrected chi connectivity index (χ2v) is 10.9. The summed E-state index contributed by atoms with van der Waals surface area (Å²) in [5, 5.41) is 0. The molecule has 0 aromatic heterocycles. The Morgan fingerprint density at radius 2 is 1.57 bits per heavy atom. The first-order valence-corrected chi connectivity index (χ1v) is 13.6. The van der Waals surface area contributed by atoms with Gasteiger partial charge < -0.3 is 10.6 Å². The summed E-state index contributed by atoms with van der Waals surface area (Å²) in [7, 11) is -3.55. The largest absolute Gasteiger partial charge is 0.343 e. The van der Waals surface area contributed by atoms with Crippen molar-refractivity contribution in [2.75, 3.05) is 51.0 Å². The van der Waals surface area contributed by atoms with Crippen molar-refractivity contribution in [1.82, 2.24) is 14.2 Å². The maximum absolute atomic E-state index is 12.8. The molecular weight excluding hydrogens is 442 g/mol. The van der Waals surface area contributed by atoms with E-state index in [-0.39, 0.29) is 0 Å². The lowest BCUT2D eigenvalue weighted by Crippen LogP contribution is -2.46. The highest BCUT2D eigenvalue weighted by atomic mass is 35.5. The van der Waals surface area contributed by atoms with Crippen LogP contribution in [0.5, 0.6) is 0 Å². The van der Waals surface area contributed by atoms with Crippen molar-refractivity contribution in [1.29, 1.82) is 0 Å². The maximum atomic E-state index is 12.8. The van der Waals surface area contributed by atoms with Gasteiger partial charge in [0, 0.05) is 63.6 Å². The number of rotatable bonds is 8. The van der Waals surface area contributed by atoms with Crippen LogP contribution < -0.4 is 5.73 Å². The fourth-order valence-electron chi connectivity index (χ4n) is 3.88. The van der Waals surface area contributed by atoms with Gasteiger partial charge in [0.2, 0.25) is 0 Å². The minimum atomic E-state index is -3.55. The Labute approximate surface area is 191 Å². The number of alkyl halides is 2. The molecular formula is C21H37Cl2N4O2P. The van der Waals surface area contributed by atoms with Crippen LogP contribution in [-0.4, -0.2) is 76.2 Å². The monoisotopic (exact) mass is 478 g/mol. The molecule has 2 fully saturated rings. The van der Waals surface area contributed by atoms with Crippen LogP contribution in [0.3, 0.4) is 0 Å². The van der Waals surface area contributed by atoms with Crippen molar-refractivity contribution >= 4 is 30.9 Å². The van der Waals surface area contributed by atoms with Crippen LogP contribution in [0.15, 0.2) is 30.3 Å². The van der Waals surface area contributed by atoms with E-state index in [2.05, 4.69) is 17.0 Å². The molecule has 1 saturated heterocycles. The zero-order chi connectivity index (χ0) is 21.8. The Bertz CT molecular complexity index is 621. The molecule has 9 heteroatoms. The SMILES string of the molecule is NC1CCCCC1.O=P(O)(N(CCCl)CCCl)N1CCN(Cc2ccccc2)CC1. The third-order valence-corrected chi connectivity index (χ3v) is 8.28.